The summed E-state index contributed by atoms with van der Waals surface area (Å²) in [6.45, 7) is 6.44. The van der Waals surface area contributed by atoms with Gasteiger partial charge in [0.1, 0.15) is 0 Å². The number of halogens is 2. The van der Waals surface area contributed by atoms with E-state index in [1.807, 2.05) is 0 Å². The number of rotatable bonds is 1. The summed E-state index contributed by atoms with van der Waals surface area (Å²) in [6, 6.07) is 5.30. The Bertz CT molecular complexity index is 442. The fourth-order valence-corrected chi connectivity index (χ4v) is 3.62. The summed E-state index contributed by atoms with van der Waals surface area (Å²) in [7, 11) is 0. The molecule has 0 radical (unpaired) electrons. The molecule has 3 heteroatoms. The highest BCUT2D eigenvalue weighted by atomic mass is 35.5. The fraction of sp³-hybridized carbons (Fsp3) is 0.571. The van der Waals surface area contributed by atoms with E-state index in [0.29, 0.717) is 10.0 Å². The average Bonchev–Trinajstić information content (AvgIpc) is 2.40. The van der Waals surface area contributed by atoms with E-state index in [-0.39, 0.29) is 11.3 Å². The molecule has 2 rings (SSSR count). The van der Waals surface area contributed by atoms with Crippen LogP contribution >= 0.6 is 23.2 Å². The third-order valence-electron chi connectivity index (χ3n) is 3.82. The maximum Gasteiger partial charge on any atom is 0.0942 e. The summed E-state index contributed by atoms with van der Waals surface area (Å²) >= 11 is 12.2. The van der Waals surface area contributed by atoms with Gasteiger partial charge in [0.15, 0.2) is 0 Å². The van der Waals surface area contributed by atoms with Crippen LogP contribution in [0.15, 0.2) is 18.2 Å². The Balaban J connectivity index is 2.48. The van der Waals surface area contributed by atoms with E-state index in [4.69, 9.17) is 23.2 Å². The third kappa shape index (κ3) is 2.33. The number of benzene rings is 1. The maximum atomic E-state index is 10.9. The van der Waals surface area contributed by atoms with Crippen molar-refractivity contribution in [2.45, 2.75) is 39.2 Å². The molecule has 0 heterocycles. The minimum absolute atomic E-state index is 0.139. The Labute approximate surface area is 113 Å². The molecule has 0 bridgehead atoms. The lowest BCUT2D eigenvalue weighted by molar-refractivity contribution is -0.000731. The van der Waals surface area contributed by atoms with Crippen molar-refractivity contribution in [3.05, 3.63) is 33.8 Å². The number of hydrogen-bond donors (Lipinski definition) is 1. The molecular formula is C14H18Cl2O. The van der Waals surface area contributed by atoms with Crippen molar-refractivity contribution < 1.29 is 5.11 Å². The highest BCUT2D eigenvalue weighted by Gasteiger charge is 2.49. The van der Waals surface area contributed by atoms with E-state index in [2.05, 4.69) is 20.8 Å². The zero-order valence-electron chi connectivity index (χ0n) is 10.4. The van der Waals surface area contributed by atoms with Crippen LogP contribution in [0.25, 0.3) is 0 Å². The van der Waals surface area contributed by atoms with E-state index in [0.717, 1.165) is 18.4 Å². The molecule has 1 fully saturated rings. The zero-order chi connectivity index (χ0) is 12.8. The van der Waals surface area contributed by atoms with Gasteiger partial charge < -0.3 is 5.11 Å². The van der Waals surface area contributed by atoms with Crippen LogP contribution in [0.5, 0.6) is 0 Å². The van der Waals surface area contributed by atoms with Gasteiger partial charge in [0.25, 0.3) is 0 Å². The second-order valence-corrected chi connectivity index (χ2v) is 6.84. The van der Waals surface area contributed by atoms with Crippen molar-refractivity contribution in [1.82, 2.24) is 0 Å². The van der Waals surface area contributed by atoms with Gasteiger partial charge in [0, 0.05) is 15.6 Å². The third-order valence-corrected chi connectivity index (χ3v) is 4.38. The topological polar surface area (TPSA) is 20.2 Å². The van der Waals surface area contributed by atoms with Gasteiger partial charge in [-0.2, -0.15) is 0 Å². The minimum atomic E-state index is -0.856. The molecule has 1 nitrogen and oxygen atoms in total. The summed E-state index contributed by atoms with van der Waals surface area (Å²) < 4.78 is 0. The van der Waals surface area contributed by atoms with E-state index >= 15 is 0 Å². The molecule has 1 aromatic rings. The Morgan fingerprint density at radius 3 is 2.47 bits per heavy atom. The molecule has 0 aliphatic heterocycles. The van der Waals surface area contributed by atoms with Crippen molar-refractivity contribution in [3.63, 3.8) is 0 Å². The van der Waals surface area contributed by atoms with Gasteiger partial charge in [-0.3, -0.25) is 0 Å². The predicted octanol–water partition coefficient (Wildman–Crippen LogP) is 4.64. The van der Waals surface area contributed by atoms with Gasteiger partial charge in [-0.15, -0.1) is 0 Å². The van der Waals surface area contributed by atoms with Crippen molar-refractivity contribution >= 4 is 23.2 Å². The average molecular weight is 273 g/mol. The molecule has 1 aliphatic rings. The fourth-order valence-electron chi connectivity index (χ4n) is 3.16. The van der Waals surface area contributed by atoms with Crippen molar-refractivity contribution in [3.8, 4) is 0 Å². The SMILES string of the molecule is CC1CC(C)(C)CC1(O)c1cc(Cl)ccc1Cl. The zero-order valence-corrected chi connectivity index (χ0v) is 11.9. The largest absolute Gasteiger partial charge is 0.385 e. The molecule has 17 heavy (non-hydrogen) atoms. The van der Waals surface area contributed by atoms with Crippen molar-refractivity contribution in [2.75, 3.05) is 0 Å². The molecule has 94 valence electrons. The van der Waals surface area contributed by atoms with Gasteiger partial charge in [-0.25, -0.2) is 0 Å². The molecular weight excluding hydrogens is 255 g/mol. The Hall–Kier alpha value is -0.240. The molecule has 1 N–H and O–H groups in total. The van der Waals surface area contributed by atoms with Crippen LogP contribution in [-0.2, 0) is 5.60 Å². The monoisotopic (exact) mass is 272 g/mol. The van der Waals surface area contributed by atoms with Gasteiger partial charge in [0.05, 0.1) is 5.60 Å². The molecule has 0 amide bonds. The maximum absolute atomic E-state index is 10.9. The van der Waals surface area contributed by atoms with Gasteiger partial charge in [-0.05, 0) is 42.4 Å². The molecule has 1 aliphatic carbocycles. The molecule has 2 unspecified atom stereocenters. The molecule has 1 saturated carbocycles. The van der Waals surface area contributed by atoms with Crippen molar-refractivity contribution in [1.29, 1.82) is 0 Å². The van der Waals surface area contributed by atoms with Crippen LogP contribution in [-0.4, -0.2) is 5.11 Å². The number of hydrogen-bond acceptors (Lipinski definition) is 1. The molecule has 0 saturated heterocycles. The van der Waals surface area contributed by atoms with E-state index in [1.54, 1.807) is 18.2 Å². The van der Waals surface area contributed by atoms with Crippen LogP contribution in [0.4, 0.5) is 0 Å². The lowest BCUT2D eigenvalue weighted by atomic mass is 9.83. The summed E-state index contributed by atoms with van der Waals surface area (Å²) in [5.41, 5.74) is 0.0513. The first-order valence-electron chi connectivity index (χ1n) is 5.92. The lowest BCUT2D eigenvalue weighted by Gasteiger charge is -2.30. The van der Waals surface area contributed by atoms with E-state index < -0.39 is 5.60 Å². The lowest BCUT2D eigenvalue weighted by Crippen LogP contribution is -2.29. The first kappa shape index (κ1) is 13.2. The second kappa shape index (κ2) is 4.15. The summed E-state index contributed by atoms with van der Waals surface area (Å²) in [6.07, 6.45) is 1.72. The summed E-state index contributed by atoms with van der Waals surface area (Å²) in [4.78, 5) is 0. The highest BCUT2D eigenvalue weighted by Crippen LogP contribution is 2.54. The van der Waals surface area contributed by atoms with Crippen LogP contribution in [0.1, 0.15) is 39.2 Å². The van der Waals surface area contributed by atoms with Crippen molar-refractivity contribution in [2.24, 2.45) is 11.3 Å². The van der Waals surface area contributed by atoms with Crippen LogP contribution in [0.3, 0.4) is 0 Å². The van der Waals surface area contributed by atoms with E-state index in [1.165, 1.54) is 0 Å². The standard InChI is InChI=1S/C14H18Cl2O/c1-9-7-13(2,3)8-14(9,17)11-6-10(15)4-5-12(11)16/h4-6,9,17H,7-8H2,1-3H3. The molecule has 0 aromatic heterocycles. The van der Waals surface area contributed by atoms with Gasteiger partial charge in [0.2, 0.25) is 0 Å². The molecule has 2 atom stereocenters. The smallest absolute Gasteiger partial charge is 0.0942 e. The Kier molecular flexibility index (Phi) is 3.22. The van der Waals surface area contributed by atoms with Crippen LogP contribution in [0, 0.1) is 11.3 Å². The first-order valence-corrected chi connectivity index (χ1v) is 6.68. The van der Waals surface area contributed by atoms with E-state index in [9.17, 15) is 5.11 Å². The van der Waals surface area contributed by atoms with Gasteiger partial charge >= 0.3 is 0 Å². The highest BCUT2D eigenvalue weighted by molar-refractivity contribution is 6.33. The summed E-state index contributed by atoms with van der Waals surface area (Å²) in [5.74, 6) is 0.188. The molecule has 1 aromatic carbocycles. The Morgan fingerprint density at radius 1 is 1.29 bits per heavy atom. The minimum Gasteiger partial charge on any atom is -0.385 e. The number of aliphatic hydroxyl groups is 1. The Morgan fingerprint density at radius 2 is 1.94 bits per heavy atom. The van der Waals surface area contributed by atoms with Crippen LogP contribution < -0.4 is 0 Å². The second-order valence-electron chi connectivity index (χ2n) is 5.99. The quantitative estimate of drug-likeness (QED) is 0.790. The molecule has 0 spiro atoms. The first-order chi connectivity index (χ1) is 7.74. The normalized spacial score (nSPS) is 31.8. The van der Waals surface area contributed by atoms with Crippen LogP contribution in [0.2, 0.25) is 10.0 Å². The summed E-state index contributed by atoms with van der Waals surface area (Å²) in [5, 5.41) is 12.1. The van der Waals surface area contributed by atoms with Gasteiger partial charge in [-0.1, -0.05) is 44.0 Å². The predicted molar refractivity (Wildman–Crippen MR) is 72.5 cm³/mol.